The topological polar surface area (TPSA) is 181 Å². The molecule has 0 radical (unpaired) electrons. The molecule has 1 amide bonds. The molecule has 0 bridgehead atoms. The maximum Gasteiger partial charge on any atom is 0.306 e. The van der Waals surface area contributed by atoms with E-state index in [-0.39, 0.29) is 35.5 Å². The Balaban J connectivity index is 1.52. The fourth-order valence-electron chi connectivity index (χ4n) is 5.26. The lowest BCUT2D eigenvalue weighted by Gasteiger charge is -2.25. The summed E-state index contributed by atoms with van der Waals surface area (Å²) in [4.78, 5) is 32.2. The Hall–Kier alpha value is -3.59. The molecule has 2 heterocycles. The van der Waals surface area contributed by atoms with Gasteiger partial charge in [-0.25, -0.2) is 4.99 Å². The van der Waals surface area contributed by atoms with Crippen molar-refractivity contribution in [3.8, 4) is 6.07 Å². The van der Waals surface area contributed by atoms with Gasteiger partial charge in [0.05, 0.1) is 18.0 Å². The Labute approximate surface area is 220 Å². The second-order valence-corrected chi connectivity index (χ2v) is 9.80. The number of ether oxygens (including phenoxy) is 2. The second-order valence-electron chi connectivity index (χ2n) is 9.80. The van der Waals surface area contributed by atoms with Crippen LogP contribution in [0, 0.1) is 22.7 Å². The van der Waals surface area contributed by atoms with Gasteiger partial charge >= 0.3 is 5.97 Å². The van der Waals surface area contributed by atoms with Crippen LogP contribution in [0.2, 0.25) is 0 Å². The van der Waals surface area contributed by atoms with Crippen LogP contribution in [0.3, 0.4) is 0 Å². The summed E-state index contributed by atoms with van der Waals surface area (Å²) in [6.45, 7) is -0.574. The van der Waals surface area contributed by atoms with E-state index in [1.807, 2.05) is 12.1 Å². The zero-order valence-corrected chi connectivity index (χ0v) is 21.1. The number of carbonyl (C=O) groups is 2. The number of nitriles is 1. The van der Waals surface area contributed by atoms with Gasteiger partial charge in [0, 0.05) is 12.0 Å². The van der Waals surface area contributed by atoms with E-state index in [1.54, 1.807) is 12.2 Å². The molecule has 1 aromatic rings. The lowest BCUT2D eigenvalue weighted by atomic mass is 9.87. The minimum absolute atomic E-state index is 0.0430. The molecule has 4 rings (SSSR count). The van der Waals surface area contributed by atoms with Gasteiger partial charge in [0.25, 0.3) is 5.91 Å². The SMILES string of the molecule is N#C[C@@]1(c2ccc(C(=NC=N)NC(=O)C3=CC=CCC3)[nH]2)O[C@H](CO)[C@@H](OC(=O)CC2CCCCC2)[C@H]1O. The third kappa shape index (κ3) is 5.78. The van der Waals surface area contributed by atoms with Crippen LogP contribution in [0.5, 0.6) is 0 Å². The quantitative estimate of drug-likeness (QED) is 0.196. The van der Waals surface area contributed by atoms with E-state index >= 15 is 0 Å². The molecule has 1 saturated carbocycles. The van der Waals surface area contributed by atoms with Crippen molar-refractivity contribution in [3.05, 3.63) is 47.3 Å². The van der Waals surface area contributed by atoms with Crippen molar-refractivity contribution < 1.29 is 29.3 Å². The molecule has 1 aromatic heterocycles. The van der Waals surface area contributed by atoms with E-state index in [0.29, 0.717) is 12.0 Å². The summed E-state index contributed by atoms with van der Waals surface area (Å²) in [6, 6.07) is 4.98. The second kappa shape index (κ2) is 12.3. The average molecular weight is 524 g/mol. The molecule has 4 atom stereocenters. The number of nitrogens with zero attached hydrogens (tertiary/aromatic N) is 2. The number of aliphatic hydroxyl groups is 2. The molecular formula is C27H33N5O6. The zero-order chi connectivity index (χ0) is 27.1. The summed E-state index contributed by atoms with van der Waals surface area (Å²) in [6.07, 6.45) is 8.96. The van der Waals surface area contributed by atoms with Crippen LogP contribution in [0.25, 0.3) is 0 Å². The van der Waals surface area contributed by atoms with Crippen molar-refractivity contribution >= 4 is 24.1 Å². The number of amidine groups is 1. The van der Waals surface area contributed by atoms with Crippen LogP contribution in [0.1, 0.15) is 62.8 Å². The number of nitrogens with one attached hydrogen (secondary N) is 3. The lowest BCUT2D eigenvalue weighted by Crippen LogP contribution is -2.42. The Kier molecular flexibility index (Phi) is 8.89. The number of aliphatic hydroxyl groups excluding tert-OH is 2. The molecule has 0 spiro atoms. The number of allylic oxidation sites excluding steroid dienone is 3. The van der Waals surface area contributed by atoms with Crippen molar-refractivity contribution in [3.63, 3.8) is 0 Å². The van der Waals surface area contributed by atoms with Crippen LogP contribution in [-0.2, 0) is 24.7 Å². The molecule has 2 aliphatic carbocycles. The number of hydrogen-bond acceptors (Lipinski definition) is 8. The summed E-state index contributed by atoms with van der Waals surface area (Å²) in [5.41, 5.74) is -1.02. The highest BCUT2D eigenvalue weighted by Crippen LogP contribution is 2.41. The van der Waals surface area contributed by atoms with E-state index < -0.39 is 36.5 Å². The summed E-state index contributed by atoms with van der Waals surface area (Å²) >= 11 is 0. The summed E-state index contributed by atoms with van der Waals surface area (Å²) < 4.78 is 11.4. The van der Waals surface area contributed by atoms with Gasteiger partial charge in [-0.15, -0.1) is 0 Å². The third-order valence-corrected chi connectivity index (χ3v) is 7.30. The minimum atomic E-state index is -1.97. The van der Waals surface area contributed by atoms with Gasteiger partial charge in [0.15, 0.2) is 11.9 Å². The minimum Gasteiger partial charge on any atom is -0.457 e. The number of H-pyrrole nitrogens is 1. The number of amides is 1. The van der Waals surface area contributed by atoms with Crippen molar-refractivity contribution in [2.45, 2.75) is 75.3 Å². The predicted molar refractivity (Wildman–Crippen MR) is 137 cm³/mol. The predicted octanol–water partition coefficient (Wildman–Crippen LogP) is 2.11. The van der Waals surface area contributed by atoms with Crippen LogP contribution in [0.15, 0.2) is 40.9 Å². The van der Waals surface area contributed by atoms with E-state index in [2.05, 4.69) is 15.3 Å². The number of carbonyl (C=O) groups excluding carboxylic acids is 2. The van der Waals surface area contributed by atoms with Crippen LogP contribution < -0.4 is 5.32 Å². The number of aromatic amines is 1. The molecule has 2 fully saturated rings. The zero-order valence-electron chi connectivity index (χ0n) is 21.1. The number of aliphatic imine (C=N–C) groups is 1. The molecule has 5 N–H and O–H groups in total. The van der Waals surface area contributed by atoms with Gasteiger partial charge in [0.1, 0.15) is 24.6 Å². The van der Waals surface area contributed by atoms with E-state index in [0.717, 1.165) is 44.9 Å². The van der Waals surface area contributed by atoms with Gasteiger partial charge < -0.3 is 30.0 Å². The first-order valence-electron chi connectivity index (χ1n) is 12.9. The van der Waals surface area contributed by atoms with E-state index in [1.165, 1.54) is 12.1 Å². The summed E-state index contributed by atoms with van der Waals surface area (Å²) in [5.74, 6) is -0.610. The Morgan fingerprint density at radius 3 is 2.79 bits per heavy atom. The van der Waals surface area contributed by atoms with E-state index in [9.17, 15) is 25.1 Å². The maximum atomic E-state index is 12.7. The first kappa shape index (κ1) is 27.4. The Bertz CT molecular complexity index is 1170. The molecule has 38 heavy (non-hydrogen) atoms. The maximum absolute atomic E-state index is 12.7. The number of aromatic nitrogens is 1. The first-order chi connectivity index (χ1) is 18.4. The number of rotatable bonds is 8. The molecule has 202 valence electrons. The van der Waals surface area contributed by atoms with Gasteiger partial charge in [-0.1, -0.05) is 37.5 Å². The molecule has 1 saturated heterocycles. The largest absolute Gasteiger partial charge is 0.457 e. The van der Waals surface area contributed by atoms with Gasteiger partial charge in [-0.2, -0.15) is 5.26 Å². The fraction of sp³-hybridized carbons (Fsp3) is 0.519. The van der Waals surface area contributed by atoms with Crippen molar-refractivity contribution in [1.82, 2.24) is 10.3 Å². The highest BCUT2D eigenvalue weighted by Gasteiger charge is 2.58. The molecule has 11 heteroatoms. The Morgan fingerprint density at radius 2 is 2.13 bits per heavy atom. The van der Waals surface area contributed by atoms with Crippen LogP contribution in [-0.4, -0.2) is 64.2 Å². The normalized spacial score (nSPS) is 27.9. The number of esters is 1. The molecule has 0 aromatic carbocycles. The van der Waals surface area contributed by atoms with Gasteiger partial charge in [-0.3, -0.25) is 15.0 Å². The number of hydrogen-bond donors (Lipinski definition) is 5. The highest BCUT2D eigenvalue weighted by molar-refractivity contribution is 6.13. The molecular weight excluding hydrogens is 490 g/mol. The smallest absolute Gasteiger partial charge is 0.306 e. The fourth-order valence-corrected chi connectivity index (χ4v) is 5.26. The van der Waals surface area contributed by atoms with Crippen LogP contribution >= 0.6 is 0 Å². The summed E-state index contributed by atoms with van der Waals surface area (Å²) in [7, 11) is 0. The monoisotopic (exact) mass is 523 g/mol. The van der Waals surface area contributed by atoms with Crippen molar-refractivity contribution in [2.24, 2.45) is 10.9 Å². The van der Waals surface area contributed by atoms with Gasteiger partial charge in [-0.05, 0) is 43.7 Å². The Morgan fingerprint density at radius 1 is 1.34 bits per heavy atom. The third-order valence-electron chi connectivity index (χ3n) is 7.30. The molecule has 0 unspecified atom stereocenters. The first-order valence-corrected chi connectivity index (χ1v) is 12.9. The van der Waals surface area contributed by atoms with Crippen LogP contribution in [0.4, 0.5) is 0 Å². The van der Waals surface area contributed by atoms with E-state index in [4.69, 9.17) is 14.9 Å². The standard InChI is InChI=1S/C27H33N5O6/c28-15-27(24(35)23(20(14-33)38-27)37-22(34)13-17-7-3-1-4-8-17)21-12-11-19(31-21)25(30-16-29)32-26(36)18-9-5-2-6-10-18/h2,5,9,11-12,16-17,20,23-24,31,33,35H,1,3-4,6-8,10,13-14H2,(H2,29,30,32,36)/t20-,23-,24-,27+/m1/s1. The lowest BCUT2D eigenvalue weighted by molar-refractivity contribution is -0.158. The average Bonchev–Trinajstić information content (AvgIpc) is 3.53. The molecule has 11 nitrogen and oxygen atoms in total. The van der Waals surface area contributed by atoms with Crippen molar-refractivity contribution in [2.75, 3.05) is 6.61 Å². The van der Waals surface area contributed by atoms with Gasteiger partial charge in [0.2, 0.25) is 5.60 Å². The molecule has 1 aliphatic heterocycles. The summed E-state index contributed by atoms with van der Waals surface area (Å²) in [5, 5.41) is 41.2. The van der Waals surface area contributed by atoms with Crippen molar-refractivity contribution in [1.29, 1.82) is 10.7 Å². The highest BCUT2D eigenvalue weighted by atomic mass is 16.6. The molecule has 3 aliphatic rings.